The van der Waals surface area contributed by atoms with Gasteiger partial charge in [0.15, 0.2) is 0 Å². The van der Waals surface area contributed by atoms with Crippen molar-refractivity contribution >= 4 is 0 Å². The van der Waals surface area contributed by atoms with Gasteiger partial charge in [-0.15, -0.1) is 0 Å². The van der Waals surface area contributed by atoms with Crippen LogP contribution in [-0.4, -0.2) is 16.4 Å². The number of rotatable bonds is 6. The molecule has 108 valence electrons. The molecule has 2 rings (SSSR count). The van der Waals surface area contributed by atoms with E-state index < -0.39 is 6.61 Å². The molecule has 7 heteroatoms. The van der Waals surface area contributed by atoms with Crippen LogP contribution in [0.3, 0.4) is 0 Å². The van der Waals surface area contributed by atoms with E-state index in [9.17, 15) is 8.78 Å². The number of aromatic nitrogens is 2. The fourth-order valence-corrected chi connectivity index (χ4v) is 2.04. The molecule has 0 spiro atoms. The Hall–Kier alpha value is -1.99. The minimum atomic E-state index is -2.87. The molecule has 1 aromatic heterocycles. The summed E-state index contributed by atoms with van der Waals surface area (Å²) in [5.74, 6) is 5.66. The van der Waals surface area contributed by atoms with E-state index in [1.807, 2.05) is 13.2 Å². The summed E-state index contributed by atoms with van der Waals surface area (Å²) in [7, 11) is 1.81. The second-order valence-corrected chi connectivity index (χ2v) is 4.36. The molecule has 5 nitrogen and oxygen atoms in total. The van der Waals surface area contributed by atoms with Crippen molar-refractivity contribution in [2.75, 3.05) is 0 Å². The lowest BCUT2D eigenvalue weighted by molar-refractivity contribution is -0.0507. The molecule has 0 radical (unpaired) electrons. The largest absolute Gasteiger partial charge is 0.434 e. The lowest BCUT2D eigenvalue weighted by Crippen LogP contribution is -2.30. The van der Waals surface area contributed by atoms with E-state index in [2.05, 4.69) is 15.3 Å². The van der Waals surface area contributed by atoms with Crippen LogP contribution in [0.25, 0.3) is 0 Å². The van der Waals surface area contributed by atoms with Gasteiger partial charge in [-0.1, -0.05) is 18.2 Å². The SMILES string of the molecule is Cn1cc(CC(NN)c2ccccc2OC(F)F)cn1. The number of hydrogen-bond donors (Lipinski definition) is 2. The maximum Gasteiger partial charge on any atom is 0.387 e. The highest BCUT2D eigenvalue weighted by Gasteiger charge is 2.18. The quantitative estimate of drug-likeness (QED) is 0.626. The minimum absolute atomic E-state index is 0.120. The molecule has 0 amide bonds. The number of hydrogen-bond acceptors (Lipinski definition) is 4. The number of nitrogens with one attached hydrogen (secondary N) is 1. The number of halogens is 2. The summed E-state index contributed by atoms with van der Waals surface area (Å²) in [6.07, 6.45) is 4.08. The van der Waals surface area contributed by atoms with Crippen LogP contribution in [0.15, 0.2) is 36.7 Å². The molecule has 1 unspecified atom stereocenters. The van der Waals surface area contributed by atoms with Crippen molar-refractivity contribution in [2.45, 2.75) is 19.1 Å². The number of hydrazine groups is 1. The van der Waals surface area contributed by atoms with Gasteiger partial charge in [0.1, 0.15) is 5.75 Å². The third-order valence-electron chi connectivity index (χ3n) is 2.91. The Morgan fingerprint density at radius 3 is 2.75 bits per heavy atom. The second-order valence-electron chi connectivity index (χ2n) is 4.36. The van der Waals surface area contributed by atoms with Crippen LogP contribution >= 0.6 is 0 Å². The van der Waals surface area contributed by atoms with Crippen LogP contribution in [0.5, 0.6) is 5.75 Å². The first-order valence-corrected chi connectivity index (χ1v) is 6.07. The highest BCUT2D eigenvalue weighted by Crippen LogP contribution is 2.28. The number of ether oxygens (including phenoxy) is 1. The molecule has 3 N–H and O–H groups in total. The molecule has 0 saturated carbocycles. The van der Waals surface area contributed by atoms with Crippen LogP contribution in [0.4, 0.5) is 8.78 Å². The number of nitrogens with two attached hydrogens (primary N) is 1. The van der Waals surface area contributed by atoms with Gasteiger partial charge < -0.3 is 4.74 Å². The van der Waals surface area contributed by atoms with Gasteiger partial charge in [0.25, 0.3) is 0 Å². The zero-order chi connectivity index (χ0) is 14.5. The Bertz CT molecular complexity index is 559. The van der Waals surface area contributed by atoms with Gasteiger partial charge in [0.05, 0.1) is 12.2 Å². The zero-order valence-corrected chi connectivity index (χ0v) is 11.0. The van der Waals surface area contributed by atoms with Crippen molar-refractivity contribution in [3.05, 3.63) is 47.8 Å². The van der Waals surface area contributed by atoms with E-state index in [-0.39, 0.29) is 11.8 Å². The van der Waals surface area contributed by atoms with Crippen molar-refractivity contribution in [3.8, 4) is 5.75 Å². The van der Waals surface area contributed by atoms with Gasteiger partial charge >= 0.3 is 6.61 Å². The maximum absolute atomic E-state index is 12.4. The van der Waals surface area contributed by atoms with E-state index in [0.717, 1.165) is 5.56 Å². The maximum atomic E-state index is 12.4. The Kier molecular flexibility index (Phi) is 4.65. The highest BCUT2D eigenvalue weighted by atomic mass is 19.3. The molecule has 0 aliphatic rings. The number of alkyl halides is 2. The average molecular weight is 282 g/mol. The predicted octanol–water partition coefficient (Wildman–Crippen LogP) is 1.77. The second kappa shape index (κ2) is 6.44. The molecule has 0 fully saturated rings. The molecule has 20 heavy (non-hydrogen) atoms. The third kappa shape index (κ3) is 3.52. The van der Waals surface area contributed by atoms with Crippen LogP contribution < -0.4 is 16.0 Å². The summed E-state index contributed by atoms with van der Waals surface area (Å²) < 4.78 is 31.0. The number of benzene rings is 1. The topological polar surface area (TPSA) is 65.1 Å². The summed E-state index contributed by atoms with van der Waals surface area (Å²) in [5.41, 5.74) is 4.16. The van der Waals surface area contributed by atoms with Gasteiger partial charge in [0.2, 0.25) is 0 Å². The van der Waals surface area contributed by atoms with Crippen molar-refractivity contribution in [1.82, 2.24) is 15.2 Å². The van der Waals surface area contributed by atoms with Gasteiger partial charge in [-0.25, -0.2) is 0 Å². The first-order valence-electron chi connectivity index (χ1n) is 6.07. The van der Waals surface area contributed by atoms with E-state index in [0.29, 0.717) is 12.0 Å². The molecule has 1 aromatic carbocycles. The third-order valence-corrected chi connectivity index (χ3v) is 2.91. The number of aryl methyl sites for hydroxylation is 1. The van der Waals surface area contributed by atoms with Gasteiger partial charge in [0, 0.05) is 18.8 Å². The Morgan fingerprint density at radius 1 is 1.40 bits per heavy atom. The highest BCUT2D eigenvalue weighted by molar-refractivity contribution is 5.36. The monoisotopic (exact) mass is 282 g/mol. The van der Waals surface area contributed by atoms with Crippen LogP contribution in [0, 0.1) is 0 Å². The minimum Gasteiger partial charge on any atom is -0.434 e. The van der Waals surface area contributed by atoms with Crippen LogP contribution in [-0.2, 0) is 13.5 Å². The van der Waals surface area contributed by atoms with Crippen molar-refractivity contribution in [1.29, 1.82) is 0 Å². The molecule has 0 aliphatic heterocycles. The summed E-state index contributed by atoms with van der Waals surface area (Å²) in [6, 6.07) is 6.25. The van der Waals surface area contributed by atoms with Gasteiger partial charge in [-0.2, -0.15) is 13.9 Å². The first-order chi connectivity index (χ1) is 9.60. The van der Waals surface area contributed by atoms with Crippen molar-refractivity contribution < 1.29 is 13.5 Å². The molecule has 0 aliphatic carbocycles. The fraction of sp³-hybridized carbons (Fsp3) is 0.308. The predicted molar refractivity (Wildman–Crippen MR) is 70.1 cm³/mol. The van der Waals surface area contributed by atoms with Gasteiger partial charge in [-0.3, -0.25) is 16.0 Å². The van der Waals surface area contributed by atoms with Crippen LogP contribution in [0.2, 0.25) is 0 Å². The molecule has 0 saturated heterocycles. The Labute approximate surface area is 115 Å². The lowest BCUT2D eigenvalue weighted by atomic mass is 10.0. The first kappa shape index (κ1) is 14.4. The van der Waals surface area contributed by atoms with Crippen LogP contribution in [0.1, 0.15) is 17.2 Å². The van der Waals surface area contributed by atoms with Crippen molar-refractivity contribution in [2.24, 2.45) is 12.9 Å². The standard InChI is InChI=1S/C13H16F2N4O/c1-19-8-9(7-17-19)6-11(18-16)10-4-2-3-5-12(10)20-13(14)15/h2-5,7-8,11,13,18H,6,16H2,1H3. The van der Waals surface area contributed by atoms with Crippen molar-refractivity contribution in [3.63, 3.8) is 0 Å². The lowest BCUT2D eigenvalue weighted by Gasteiger charge is -2.19. The molecular formula is C13H16F2N4O. The molecule has 1 atom stereocenters. The zero-order valence-electron chi connectivity index (χ0n) is 11.0. The molecule has 2 aromatic rings. The van der Waals surface area contributed by atoms with E-state index in [1.54, 1.807) is 29.1 Å². The summed E-state index contributed by atoms with van der Waals surface area (Å²) in [4.78, 5) is 0. The van der Waals surface area contributed by atoms with E-state index in [4.69, 9.17) is 5.84 Å². The summed E-state index contributed by atoms with van der Waals surface area (Å²) >= 11 is 0. The molecule has 1 heterocycles. The Balaban J connectivity index is 2.22. The summed E-state index contributed by atoms with van der Waals surface area (Å²) in [5, 5.41) is 4.07. The number of para-hydroxylation sites is 1. The van der Waals surface area contributed by atoms with Gasteiger partial charge in [-0.05, 0) is 18.1 Å². The fourth-order valence-electron chi connectivity index (χ4n) is 2.04. The number of nitrogens with zero attached hydrogens (tertiary/aromatic N) is 2. The molecular weight excluding hydrogens is 266 g/mol. The average Bonchev–Trinajstić information content (AvgIpc) is 2.82. The summed E-state index contributed by atoms with van der Waals surface area (Å²) in [6.45, 7) is -2.87. The van der Waals surface area contributed by atoms with E-state index in [1.165, 1.54) is 6.07 Å². The Morgan fingerprint density at radius 2 is 2.15 bits per heavy atom. The van der Waals surface area contributed by atoms with E-state index >= 15 is 0 Å². The smallest absolute Gasteiger partial charge is 0.387 e. The normalized spacial score (nSPS) is 12.7. The molecule has 0 bridgehead atoms.